The standard InChI is InChI=1S/C23H39N3O4/c1-8-18(14-17-12-10-9-11-13-17)24-15-19(26-21(28)30-23(5,6)7)16-25-20(27)29-22(2,3)4/h9-13,18-19,24H,8,14-16H2,1-7H3,(H,25,27)(H,26,28). The summed E-state index contributed by atoms with van der Waals surface area (Å²) >= 11 is 0. The molecule has 7 nitrogen and oxygen atoms in total. The molecule has 1 aromatic rings. The van der Waals surface area contributed by atoms with Gasteiger partial charge in [-0.25, -0.2) is 9.59 Å². The van der Waals surface area contributed by atoms with Gasteiger partial charge in [-0.2, -0.15) is 0 Å². The summed E-state index contributed by atoms with van der Waals surface area (Å²) in [5.74, 6) is 0. The van der Waals surface area contributed by atoms with Gasteiger partial charge in [0.15, 0.2) is 0 Å². The number of hydrogen-bond acceptors (Lipinski definition) is 5. The average Bonchev–Trinajstić information content (AvgIpc) is 2.60. The first-order valence-electron chi connectivity index (χ1n) is 10.6. The molecule has 0 bridgehead atoms. The zero-order chi connectivity index (χ0) is 22.8. The highest BCUT2D eigenvalue weighted by molar-refractivity contribution is 5.69. The maximum atomic E-state index is 12.2. The average molecular weight is 422 g/mol. The predicted molar refractivity (Wildman–Crippen MR) is 120 cm³/mol. The monoisotopic (exact) mass is 421 g/mol. The molecule has 0 aliphatic rings. The molecule has 2 unspecified atom stereocenters. The fourth-order valence-electron chi connectivity index (χ4n) is 2.74. The highest BCUT2D eigenvalue weighted by Crippen LogP contribution is 2.09. The molecular formula is C23H39N3O4. The molecule has 7 heteroatoms. The number of benzene rings is 1. The Hall–Kier alpha value is -2.28. The Morgan fingerprint density at radius 2 is 1.43 bits per heavy atom. The van der Waals surface area contributed by atoms with Crippen LogP contribution in [-0.2, 0) is 15.9 Å². The van der Waals surface area contributed by atoms with Gasteiger partial charge in [0.05, 0.1) is 6.04 Å². The Kier molecular flexibility index (Phi) is 10.1. The normalized spacial score (nSPS) is 13.8. The van der Waals surface area contributed by atoms with E-state index in [9.17, 15) is 9.59 Å². The molecule has 0 fully saturated rings. The van der Waals surface area contributed by atoms with Crippen LogP contribution in [0.5, 0.6) is 0 Å². The molecule has 170 valence electrons. The van der Waals surface area contributed by atoms with E-state index in [1.165, 1.54) is 5.56 Å². The molecule has 0 radical (unpaired) electrons. The quantitative estimate of drug-likeness (QED) is 0.560. The van der Waals surface area contributed by atoms with Crippen molar-refractivity contribution in [3.05, 3.63) is 35.9 Å². The number of rotatable bonds is 9. The van der Waals surface area contributed by atoms with Crippen molar-refractivity contribution in [2.24, 2.45) is 0 Å². The molecule has 0 saturated carbocycles. The van der Waals surface area contributed by atoms with Crippen LogP contribution < -0.4 is 16.0 Å². The minimum Gasteiger partial charge on any atom is -0.444 e. The van der Waals surface area contributed by atoms with E-state index in [4.69, 9.17) is 9.47 Å². The molecule has 3 N–H and O–H groups in total. The van der Waals surface area contributed by atoms with E-state index in [0.717, 1.165) is 12.8 Å². The Labute approximate surface area is 181 Å². The molecule has 0 aliphatic carbocycles. The minimum absolute atomic E-state index is 0.225. The molecule has 0 aliphatic heterocycles. The number of ether oxygens (including phenoxy) is 2. The van der Waals surface area contributed by atoms with Crippen molar-refractivity contribution < 1.29 is 19.1 Å². The zero-order valence-electron chi connectivity index (χ0n) is 19.5. The molecule has 1 rings (SSSR count). The summed E-state index contributed by atoms with van der Waals surface area (Å²) in [6.07, 6.45) is 0.787. The van der Waals surface area contributed by atoms with Crippen molar-refractivity contribution in [1.29, 1.82) is 0 Å². The summed E-state index contributed by atoms with van der Waals surface area (Å²) in [5.41, 5.74) is 0.0691. The second kappa shape index (κ2) is 11.8. The number of carbonyl (C=O) groups is 2. The summed E-state index contributed by atoms with van der Waals surface area (Å²) in [4.78, 5) is 24.3. The van der Waals surface area contributed by atoms with Crippen LogP contribution in [0.15, 0.2) is 30.3 Å². The molecule has 2 atom stereocenters. The van der Waals surface area contributed by atoms with Gasteiger partial charge in [-0.3, -0.25) is 0 Å². The number of nitrogens with one attached hydrogen (secondary N) is 3. The number of alkyl carbamates (subject to hydrolysis) is 2. The predicted octanol–water partition coefficient (Wildman–Crippen LogP) is 4.02. The molecule has 30 heavy (non-hydrogen) atoms. The summed E-state index contributed by atoms with van der Waals surface area (Å²) in [6, 6.07) is 10.2. The molecule has 2 amide bonds. The first-order chi connectivity index (χ1) is 13.9. The minimum atomic E-state index is -0.597. The second-order valence-electron chi connectivity index (χ2n) is 9.43. The van der Waals surface area contributed by atoms with Gasteiger partial charge in [0.1, 0.15) is 11.2 Å². The van der Waals surface area contributed by atoms with Crippen LogP contribution in [0.2, 0.25) is 0 Å². The van der Waals surface area contributed by atoms with Crippen molar-refractivity contribution in [2.75, 3.05) is 13.1 Å². The first kappa shape index (κ1) is 25.8. The van der Waals surface area contributed by atoms with Gasteiger partial charge in [-0.15, -0.1) is 0 Å². The third-order valence-corrected chi connectivity index (χ3v) is 4.08. The third-order valence-electron chi connectivity index (χ3n) is 4.08. The van der Waals surface area contributed by atoms with Crippen LogP contribution in [0.3, 0.4) is 0 Å². The lowest BCUT2D eigenvalue weighted by molar-refractivity contribution is 0.0462. The van der Waals surface area contributed by atoms with Crippen molar-refractivity contribution in [3.8, 4) is 0 Å². The van der Waals surface area contributed by atoms with Crippen LogP contribution in [0.25, 0.3) is 0 Å². The molecule has 0 heterocycles. The zero-order valence-corrected chi connectivity index (χ0v) is 19.5. The fourth-order valence-corrected chi connectivity index (χ4v) is 2.74. The molecule has 1 aromatic carbocycles. The highest BCUT2D eigenvalue weighted by atomic mass is 16.6. The lowest BCUT2D eigenvalue weighted by Crippen LogP contribution is -2.52. The first-order valence-corrected chi connectivity index (χ1v) is 10.6. The van der Waals surface area contributed by atoms with Gasteiger partial charge in [0.2, 0.25) is 0 Å². The maximum Gasteiger partial charge on any atom is 0.407 e. The summed E-state index contributed by atoms with van der Waals surface area (Å²) in [5, 5.41) is 9.06. The number of hydrogen-bond donors (Lipinski definition) is 3. The van der Waals surface area contributed by atoms with E-state index in [2.05, 4.69) is 35.0 Å². The van der Waals surface area contributed by atoms with Crippen LogP contribution in [0.1, 0.15) is 60.5 Å². The Bertz CT molecular complexity index is 651. The Morgan fingerprint density at radius 3 is 1.97 bits per heavy atom. The van der Waals surface area contributed by atoms with Gasteiger partial charge in [0.25, 0.3) is 0 Å². The van der Waals surface area contributed by atoms with E-state index in [1.54, 1.807) is 20.8 Å². The Balaban J connectivity index is 2.68. The van der Waals surface area contributed by atoms with Gasteiger partial charge < -0.3 is 25.4 Å². The lowest BCUT2D eigenvalue weighted by Gasteiger charge is -2.26. The number of amides is 2. The molecular weight excluding hydrogens is 382 g/mol. The SMILES string of the molecule is CCC(Cc1ccccc1)NCC(CNC(=O)OC(C)(C)C)NC(=O)OC(C)(C)C. The largest absolute Gasteiger partial charge is 0.444 e. The summed E-state index contributed by atoms with van der Waals surface area (Å²) in [6.45, 7) is 13.7. The molecule has 0 spiro atoms. The second-order valence-corrected chi connectivity index (χ2v) is 9.43. The molecule has 0 saturated heterocycles. The van der Waals surface area contributed by atoms with Crippen LogP contribution in [0, 0.1) is 0 Å². The maximum absolute atomic E-state index is 12.2. The fraction of sp³-hybridized carbons (Fsp3) is 0.652. The van der Waals surface area contributed by atoms with E-state index in [0.29, 0.717) is 6.54 Å². The van der Waals surface area contributed by atoms with E-state index in [-0.39, 0.29) is 18.6 Å². The van der Waals surface area contributed by atoms with Crippen molar-refractivity contribution in [2.45, 2.75) is 84.6 Å². The van der Waals surface area contributed by atoms with E-state index < -0.39 is 23.4 Å². The van der Waals surface area contributed by atoms with Crippen molar-refractivity contribution in [3.63, 3.8) is 0 Å². The van der Waals surface area contributed by atoms with Gasteiger partial charge in [-0.05, 0) is 59.9 Å². The molecule has 0 aromatic heterocycles. The lowest BCUT2D eigenvalue weighted by atomic mass is 10.0. The van der Waals surface area contributed by atoms with E-state index in [1.807, 2.05) is 39.0 Å². The van der Waals surface area contributed by atoms with Crippen molar-refractivity contribution in [1.82, 2.24) is 16.0 Å². The van der Waals surface area contributed by atoms with Crippen LogP contribution in [0.4, 0.5) is 9.59 Å². The third kappa shape index (κ3) is 12.3. The Morgan fingerprint density at radius 1 is 0.867 bits per heavy atom. The van der Waals surface area contributed by atoms with Gasteiger partial charge in [0, 0.05) is 19.1 Å². The van der Waals surface area contributed by atoms with Crippen LogP contribution >= 0.6 is 0 Å². The summed E-state index contributed by atoms with van der Waals surface area (Å²) in [7, 11) is 0. The van der Waals surface area contributed by atoms with E-state index >= 15 is 0 Å². The van der Waals surface area contributed by atoms with Gasteiger partial charge >= 0.3 is 12.2 Å². The van der Waals surface area contributed by atoms with Crippen molar-refractivity contribution >= 4 is 12.2 Å². The van der Waals surface area contributed by atoms with Gasteiger partial charge in [-0.1, -0.05) is 37.3 Å². The van der Waals surface area contributed by atoms with Crippen LogP contribution in [-0.4, -0.2) is 48.6 Å². The highest BCUT2D eigenvalue weighted by Gasteiger charge is 2.22. The smallest absolute Gasteiger partial charge is 0.407 e. The summed E-state index contributed by atoms with van der Waals surface area (Å²) < 4.78 is 10.6. The topological polar surface area (TPSA) is 88.7 Å². The number of carbonyl (C=O) groups excluding carboxylic acids is 2.